The standard InChI is InChI=1S/C8H6ClNOS/c1-5-2-3-7-6(4-5)8(9)10-12(7)11/h2-4H,1H3. The summed E-state index contributed by atoms with van der Waals surface area (Å²) < 4.78 is 15.0. The summed E-state index contributed by atoms with van der Waals surface area (Å²) in [6, 6.07) is 5.60. The van der Waals surface area contributed by atoms with Gasteiger partial charge in [-0.1, -0.05) is 23.2 Å². The zero-order valence-electron chi connectivity index (χ0n) is 6.37. The fraction of sp³-hybridized carbons (Fsp3) is 0.125. The average molecular weight is 200 g/mol. The Morgan fingerprint density at radius 1 is 1.50 bits per heavy atom. The number of hydrogen-bond acceptors (Lipinski definition) is 1. The molecule has 0 saturated heterocycles. The molecule has 12 heavy (non-hydrogen) atoms. The van der Waals surface area contributed by atoms with Gasteiger partial charge in [0.05, 0.1) is 4.90 Å². The maximum atomic E-state index is 11.2. The zero-order valence-corrected chi connectivity index (χ0v) is 7.95. The summed E-state index contributed by atoms with van der Waals surface area (Å²) >= 11 is 5.77. The lowest BCUT2D eigenvalue weighted by atomic mass is 10.1. The third-order valence-corrected chi connectivity index (χ3v) is 3.18. The van der Waals surface area contributed by atoms with Gasteiger partial charge < -0.3 is 0 Å². The van der Waals surface area contributed by atoms with E-state index in [2.05, 4.69) is 4.40 Å². The van der Waals surface area contributed by atoms with E-state index in [-0.39, 0.29) is 0 Å². The Labute approximate surface area is 77.9 Å². The molecule has 0 radical (unpaired) electrons. The van der Waals surface area contributed by atoms with Gasteiger partial charge in [0.25, 0.3) is 0 Å². The van der Waals surface area contributed by atoms with Crippen LogP contribution in [-0.2, 0) is 11.0 Å². The number of aryl methyl sites for hydroxylation is 1. The molecule has 0 aromatic heterocycles. The summed E-state index contributed by atoms with van der Waals surface area (Å²) in [5.74, 6) is 0. The predicted molar refractivity (Wildman–Crippen MR) is 50.0 cm³/mol. The highest BCUT2D eigenvalue weighted by Crippen LogP contribution is 2.25. The van der Waals surface area contributed by atoms with Crippen LogP contribution in [0.3, 0.4) is 0 Å². The second kappa shape index (κ2) is 2.68. The van der Waals surface area contributed by atoms with Crippen LogP contribution in [0.4, 0.5) is 0 Å². The van der Waals surface area contributed by atoms with Crippen molar-refractivity contribution in [2.24, 2.45) is 4.40 Å². The molecular weight excluding hydrogens is 194 g/mol. The quantitative estimate of drug-likeness (QED) is 0.629. The van der Waals surface area contributed by atoms with Crippen molar-refractivity contribution in [3.05, 3.63) is 29.3 Å². The largest absolute Gasteiger partial charge is 0.229 e. The number of nitrogens with zero attached hydrogens (tertiary/aromatic N) is 1. The molecule has 62 valence electrons. The Kier molecular flexibility index (Phi) is 1.77. The number of benzene rings is 1. The van der Waals surface area contributed by atoms with E-state index in [9.17, 15) is 4.21 Å². The third kappa shape index (κ3) is 1.09. The van der Waals surface area contributed by atoms with Gasteiger partial charge in [-0.25, -0.2) is 4.21 Å². The molecule has 4 heteroatoms. The topological polar surface area (TPSA) is 29.4 Å². The third-order valence-electron chi connectivity index (χ3n) is 1.71. The van der Waals surface area contributed by atoms with E-state index in [1.54, 1.807) is 6.07 Å². The van der Waals surface area contributed by atoms with E-state index in [4.69, 9.17) is 11.6 Å². The van der Waals surface area contributed by atoms with E-state index in [0.29, 0.717) is 10.1 Å². The Morgan fingerprint density at radius 3 is 3.00 bits per heavy atom. The highest BCUT2D eigenvalue weighted by Gasteiger charge is 2.20. The first-order valence-corrected chi connectivity index (χ1v) is 4.94. The summed E-state index contributed by atoms with van der Waals surface area (Å²) in [5, 5.41) is 0.354. The Balaban J connectivity index is 2.69. The summed E-state index contributed by atoms with van der Waals surface area (Å²) in [7, 11) is -1.28. The van der Waals surface area contributed by atoms with Gasteiger partial charge in [0.2, 0.25) is 0 Å². The molecule has 2 rings (SSSR count). The van der Waals surface area contributed by atoms with Gasteiger partial charge >= 0.3 is 0 Å². The van der Waals surface area contributed by atoms with Crippen LogP contribution in [0.1, 0.15) is 11.1 Å². The molecule has 0 fully saturated rings. The first-order valence-electron chi connectivity index (χ1n) is 3.45. The molecule has 0 amide bonds. The lowest BCUT2D eigenvalue weighted by Gasteiger charge is -1.96. The maximum absolute atomic E-state index is 11.2. The molecule has 1 unspecified atom stereocenters. The number of halogens is 1. The van der Waals surface area contributed by atoms with Crippen molar-refractivity contribution < 1.29 is 4.21 Å². The van der Waals surface area contributed by atoms with Crippen LogP contribution in [-0.4, -0.2) is 9.38 Å². The van der Waals surface area contributed by atoms with Crippen LogP contribution in [0.5, 0.6) is 0 Å². The minimum atomic E-state index is -1.28. The van der Waals surface area contributed by atoms with Crippen molar-refractivity contribution in [3.63, 3.8) is 0 Å². The second-order valence-corrected chi connectivity index (χ2v) is 4.11. The molecular formula is C8H6ClNOS. The Hall–Kier alpha value is -0.670. The molecule has 1 aromatic carbocycles. The SMILES string of the molecule is Cc1ccc2c(c1)C(Cl)=NS2=O. The van der Waals surface area contributed by atoms with Crippen LogP contribution in [0.25, 0.3) is 0 Å². The Morgan fingerprint density at radius 2 is 2.25 bits per heavy atom. The highest BCUT2D eigenvalue weighted by molar-refractivity contribution is 7.84. The Bertz CT molecular complexity index is 400. The van der Waals surface area contributed by atoms with E-state index in [0.717, 1.165) is 11.1 Å². The number of fused-ring (bicyclic) bond motifs is 1. The first-order chi connectivity index (χ1) is 5.68. The molecule has 1 aliphatic heterocycles. The lowest BCUT2D eigenvalue weighted by molar-refractivity contribution is 0.685. The molecule has 1 heterocycles. The second-order valence-electron chi connectivity index (χ2n) is 2.63. The van der Waals surface area contributed by atoms with Gasteiger partial charge in [0.15, 0.2) is 11.0 Å². The van der Waals surface area contributed by atoms with E-state index < -0.39 is 11.0 Å². The van der Waals surface area contributed by atoms with Gasteiger partial charge in [-0.2, -0.15) is 4.40 Å². The van der Waals surface area contributed by atoms with E-state index >= 15 is 0 Å². The summed E-state index contributed by atoms with van der Waals surface area (Å²) in [4.78, 5) is 0.714. The van der Waals surface area contributed by atoms with Gasteiger partial charge in [-0.3, -0.25) is 0 Å². The zero-order chi connectivity index (χ0) is 8.72. The van der Waals surface area contributed by atoms with Crippen LogP contribution in [0.2, 0.25) is 0 Å². The van der Waals surface area contributed by atoms with Crippen LogP contribution < -0.4 is 0 Å². The van der Waals surface area contributed by atoms with E-state index in [1.807, 2.05) is 19.1 Å². The first kappa shape index (κ1) is 7.95. The van der Waals surface area contributed by atoms with Gasteiger partial charge in [-0.05, 0) is 19.1 Å². The van der Waals surface area contributed by atoms with Crippen LogP contribution >= 0.6 is 11.6 Å². The normalized spacial score (nSPS) is 20.5. The van der Waals surface area contributed by atoms with Crippen LogP contribution in [0.15, 0.2) is 27.5 Å². The van der Waals surface area contributed by atoms with Gasteiger partial charge in [-0.15, -0.1) is 0 Å². The molecule has 0 aliphatic carbocycles. The van der Waals surface area contributed by atoms with Crippen molar-refractivity contribution >= 4 is 27.8 Å². The fourth-order valence-corrected chi connectivity index (χ4v) is 2.40. The average Bonchev–Trinajstić information content (AvgIpc) is 2.28. The van der Waals surface area contributed by atoms with Crippen molar-refractivity contribution in [1.82, 2.24) is 0 Å². The highest BCUT2D eigenvalue weighted by atomic mass is 35.5. The van der Waals surface area contributed by atoms with Crippen LogP contribution in [0, 0.1) is 6.92 Å². The van der Waals surface area contributed by atoms with E-state index in [1.165, 1.54) is 0 Å². The molecule has 0 bridgehead atoms. The number of rotatable bonds is 0. The van der Waals surface area contributed by atoms with Gasteiger partial charge in [0.1, 0.15) is 5.17 Å². The van der Waals surface area contributed by atoms with Crippen molar-refractivity contribution in [3.8, 4) is 0 Å². The maximum Gasteiger partial charge on any atom is 0.174 e. The molecule has 2 nitrogen and oxygen atoms in total. The lowest BCUT2D eigenvalue weighted by Crippen LogP contribution is -1.89. The minimum absolute atomic E-state index is 0.354. The molecule has 0 N–H and O–H groups in total. The number of hydrogen-bond donors (Lipinski definition) is 0. The monoisotopic (exact) mass is 199 g/mol. The summed E-state index contributed by atoms with van der Waals surface area (Å²) in [6.45, 7) is 1.96. The minimum Gasteiger partial charge on any atom is -0.229 e. The van der Waals surface area contributed by atoms with Crippen molar-refractivity contribution in [2.75, 3.05) is 0 Å². The smallest absolute Gasteiger partial charge is 0.174 e. The summed E-state index contributed by atoms with van der Waals surface area (Å²) in [5.41, 5.74) is 1.90. The van der Waals surface area contributed by atoms with Crippen molar-refractivity contribution in [2.45, 2.75) is 11.8 Å². The van der Waals surface area contributed by atoms with Gasteiger partial charge in [0, 0.05) is 5.56 Å². The van der Waals surface area contributed by atoms with Crippen molar-refractivity contribution in [1.29, 1.82) is 0 Å². The molecule has 1 atom stereocenters. The predicted octanol–water partition coefficient (Wildman–Crippen LogP) is 2.02. The summed E-state index contributed by atoms with van der Waals surface area (Å²) in [6.07, 6.45) is 0. The molecule has 1 aliphatic rings. The fourth-order valence-electron chi connectivity index (χ4n) is 1.13. The molecule has 1 aromatic rings. The molecule has 0 spiro atoms. The molecule has 0 saturated carbocycles.